The number of thioether (sulfide) groups is 2. The van der Waals surface area contributed by atoms with Crippen LogP contribution in [-0.2, 0) is 5.75 Å². The molecule has 2 heterocycles. The van der Waals surface area contributed by atoms with Crippen LogP contribution in [0.3, 0.4) is 0 Å². The maximum atomic E-state index is 12.5. The summed E-state index contributed by atoms with van der Waals surface area (Å²) >= 11 is 3.19. The lowest BCUT2D eigenvalue weighted by Gasteiger charge is -2.09. The molecule has 23 heavy (non-hydrogen) atoms. The summed E-state index contributed by atoms with van der Waals surface area (Å²) < 4.78 is 5.19. The van der Waals surface area contributed by atoms with Gasteiger partial charge in [-0.05, 0) is 26.0 Å². The van der Waals surface area contributed by atoms with Crippen molar-refractivity contribution in [3.8, 4) is 0 Å². The van der Waals surface area contributed by atoms with Gasteiger partial charge in [0.25, 0.3) is 5.91 Å². The average Bonchev–Trinajstić information content (AvgIpc) is 3.16. The molecule has 0 unspecified atom stereocenters. The fraction of sp³-hybridized carbons (Fsp3) is 0.312. The second-order valence-corrected chi connectivity index (χ2v) is 7.18. The van der Waals surface area contributed by atoms with Gasteiger partial charge >= 0.3 is 0 Å². The number of amidine groups is 1. The van der Waals surface area contributed by atoms with Gasteiger partial charge in [0.15, 0.2) is 5.17 Å². The van der Waals surface area contributed by atoms with Gasteiger partial charge in [-0.3, -0.25) is 9.79 Å². The Labute approximate surface area is 143 Å². The Kier molecular flexibility index (Phi) is 5.07. The Balaban J connectivity index is 1.74. The number of nitrogens with zero attached hydrogens (tertiary/aromatic N) is 2. The molecule has 5 nitrogen and oxygen atoms in total. The number of rotatable bonds is 4. The fourth-order valence-electron chi connectivity index (χ4n) is 2.21. The predicted octanol–water partition coefficient (Wildman–Crippen LogP) is 3.42. The van der Waals surface area contributed by atoms with Gasteiger partial charge in [0.05, 0.1) is 17.8 Å². The first kappa shape index (κ1) is 16.1. The molecule has 1 N–H and O–H groups in total. The van der Waals surface area contributed by atoms with E-state index in [1.165, 1.54) is 0 Å². The first-order valence-electron chi connectivity index (χ1n) is 7.27. The highest BCUT2D eigenvalue weighted by atomic mass is 32.2. The van der Waals surface area contributed by atoms with Crippen molar-refractivity contribution in [2.75, 3.05) is 12.3 Å². The molecular formula is C16H17N3O2S2. The Morgan fingerprint density at radius 3 is 2.91 bits per heavy atom. The number of benzene rings is 1. The Bertz CT molecular complexity index is 736. The molecule has 3 rings (SSSR count). The monoisotopic (exact) mass is 347 g/mol. The first-order chi connectivity index (χ1) is 11.1. The molecule has 1 aromatic carbocycles. The van der Waals surface area contributed by atoms with E-state index in [0.29, 0.717) is 10.7 Å². The molecule has 0 atom stereocenters. The second-order valence-electron chi connectivity index (χ2n) is 5.08. The number of hydrogen-bond acceptors (Lipinski definition) is 6. The number of hydrogen-bond donors (Lipinski definition) is 1. The first-order valence-corrected chi connectivity index (χ1v) is 9.24. The van der Waals surface area contributed by atoms with Crippen molar-refractivity contribution in [2.45, 2.75) is 24.5 Å². The molecule has 0 saturated carbocycles. The van der Waals surface area contributed by atoms with E-state index in [1.807, 2.05) is 38.1 Å². The van der Waals surface area contributed by atoms with Gasteiger partial charge in [-0.25, -0.2) is 0 Å². The number of carbonyl (C=O) groups is 1. The van der Waals surface area contributed by atoms with Crippen LogP contribution in [0.25, 0.3) is 0 Å². The minimum Gasteiger partial charge on any atom is -0.361 e. The van der Waals surface area contributed by atoms with E-state index < -0.39 is 0 Å². The van der Waals surface area contributed by atoms with Crippen molar-refractivity contribution in [3.05, 3.63) is 46.8 Å². The number of amides is 1. The molecule has 0 spiro atoms. The number of carbonyl (C=O) groups excluding carboxylic acids is 1. The minimum atomic E-state index is -0.111. The van der Waals surface area contributed by atoms with E-state index in [-0.39, 0.29) is 5.91 Å². The van der Waals surface area contributed by atoms with Crippen molar-refractivity contribution in [1.29, 1.82) is 0 Å². The zero-order valence-corrected chi connectivity index (χ0v) is 14.6. The van der Waals surface area contributed by atoms with Crippen LogP contribution in [0.15, 0.2) is 38.7 Å². The fourth-order valence-corrected chi connectivity index (χ4v) is 4.14. The van der Waals surface area contributed by atoms with Crippen molar-refractivity contribution < 1.29 is 9.32 Å². The zero-order chi connectivity index (χ0) is 16.2. The second kappa shape index (κ2) is 7.23. The average molecular weight is 347 g/mol. The smallest absolute Gasteiger partial charge is 0.258 e. The number of nitrogens with one attached hydrogen (secondary N) is 1. The maximum absolute atomic E-state index is 12.5. The quantitative estimate of drug-likeness (QED) is 0.859. The van der Waals surface area contributed by atoms with Crippen molar-refractivity contribution in [1.82, 2.24) is 10.5 Å². The third-order valence-corrected chi connectivity index (χ3v) is 5.48. The van der Waals surface area contributed by atoms with Gasteiger partial charge in [-0.15, -0.1) is 11.8 Å². The molecule has 1 aliphatic rings. The topological polar surface area (TPSA) is 67.5 Å². The normalized spacial score (nSPS) is 13.9. The van der Waals surface area contributed by atoms with E-state index in [0.717, 1.165) is 40.0 Å². The van der Waals surface area contributed by atoms with E-state index in [4.69, 9.17) is 4.52 Å². The summed E-state index contributed by atoms with van der Waals surface area (Å²) in [7, 11) is 0. The Morgan fingerprint density at radius 2 is 2.22 bits per heavy atom. The zero-order valence-electron chi connectivity index (χ0n) is 13.0. The van der Waals surface area contributed by atoms with Gasteiger partial charge in [-0.2, -0.15) is 0 Å². The highest BCUT2D eigenvalue weighted by Gasteiger charge is 2.17. The molecule has 0 radical (unpaired) electrons. The van der Waals surface area contributed by atoms with E-state index >= 15 is 0 Å². The molecule has 1 aliphatic heterocycles. The molecule has 0 aliphatic carbocycles. The molecule has 0 saturated heterocycles. The van der Waals surface area contributed by atoms with E-state index in [9.17, 15) is 4.79 Å². The Morgan fingerprint density at radius 1 is 1.39 bits per heavy atom. The highest BCUT2D eigenvalue weighted by Crippen LogP contribution is 2.29. The molecule has 120 valence electrons. The summed E-state index contributed by atoms with van der Waals surface area (Å²) in [5, 5.41) is 7.56. The van der Waals surface area contributed by atoms with Gasteiger partial charge < -0.3 is 9.84 Å². The molecule has 1 amide bonds. The van der Waals surface area contributed by atoms with Gasteiger partial charge in [0.1, 0.15) is 5.76 Å². The van der Waals surface area contributed by atoms with Crippen LogP contribution in [0.5, 0.6) is 0 Å². The van der Waals surface area contributed by atoms with Crippen LogP contribution in [0, 0.1) is 13.8 Å². The third kappa shape index (κ3) is 3.79. The lowest BCUT2D eigenvalue weighted by atomic mass is 10.2. The number of aryl methyl sites for hydroxylation is 2. The van der Waals surface area contributed by atoms with Crippen LogP contribution in [0.1, 0.15) is 27.4 Å². The summed E-state index contributed by atoms with van der Waals surface area (Å²) in [4.78, 5) is 17.7. The number of aliphatic imine (C=N–C) groups is 1. The van der Waals surface area contributed by atoms with Gasteiger partial charge in [-0.1, -0.05) is 29.1 Å². The molecule has 7 heteroatoms. The van der Waals surface area contributed by atoms with Crippen molar-refractivity contribution in [3.63, 3.8) is 0 Å². The van der Waals surface area contributed by atoms with E-state index in [1.54, 1.807) is 23.5 Å². The SMILES string of the molecule is Cc1noc(C)c1CSc1ccccc1C(=O)NC1=NCCS1. The van der Waals surface area contributed by atoms with Crippen LogP contribution < -0.4 is 5.32 Å². The lowest BCUT2D eigenvalue weighted by molar-refractivity contribution is 0.0975. The van der Waals surface area contributed by atoms with E-state index in [2.05, 4.69) is 15.5 Å². The van der Waals surface area contributed by atoms with Crippen LogP contribution >= 0.6 is 23.5 Å². The van der Waals surface area contributed by atoms with Crippen LogP contribution in [0.4, 0.5) is 0 Å². The predicted molar refractivity (Wildman–Crippen MR) is 94.2 cm³/mol. The number of aromatic nitrogens is 1. The van der Waals surface area contributed by atoms with Gasteiger partial charge in [0.2, 0.25) is 0 Å². The van der Waals surface area contributed by atoms with Crippen molar-refractivity contribution in [2.24, 2.45) is 4.99 Å². The molecular weight excluding hydrogens is 330 g/mol. The molecule has 0 fully saturated rings. The third-order valence-electron chi connectivity index (χ3n) is 3.49. The summed E-state index contributed by atoms with van der Waals surface area (Å²) in [5.74, 6) is 2.37. The largest absolute Gasteiger partial charge is 0.361 e. The molecule has 1 aromatic heterocycles. The summed E-state index contributed by atoms with van der Waals surface area (Å²) in [6.07, 6.45) is 0. The highest BCUT2D eigenvalue weighted by molar-refractivity contribution is 8.14. The summed E-state index contributed by atoms with van der Waals surface area (Å²) in [6.45, 7) is 4.60. The summed E-state index contributed by atoms with van der Waals surface area (Å²) in [5.41, 5.74) is 2.65. The van der Waals surface area contributed by atoms with Crippen LogP contribution in [0.2, 0.25) is 0 Å². The maximum Gasteiger partial charge on any atom is 0.258 e. The minimum absolute atomic E-state index is 0.111. The molecule has 0 bridgehead atoms. The standard InChI is InChI=1S/C16H17N3O2S2/c1-10-13(11(2)21-19-10)9-23-14-6-4-3-5-12(14)15(20)18-16-17-7-8-22-16/h3-6H,7-9H2,1-2H3,(H,17,18,20). The Hall–Kier alpha value is -1.73. The van der Waals surface area contributed by atoms with Crippen LogP contribution in [-0.4, -0.2) is 28.5 Å². The van der Waals surface area contributed by atoms with Crippen molar-refractivity contribution >= 4 is 34.6 Å². The molecule has 2 aromatic rings. The summed E-state index contributed by atoms with van der Waals surface area (Å²) in [6, 6.07) is 7.61. The lowest BCUT2D eigenvalue weighted by Crippen LogP contribution is -2.27. The van der Waals surface area contributed by atoms with Gasteiger partial charge in [0, 0.05) is 22.0 Å².